The fraction of sp³-hybridized carbons (Fsp3) is 0.517. The number of rotatable bonds is 2. The molecule has 4 aliphatic carbocycles. The number of aliphatic hydroxyl groups is 1. The Morgan fingerprint density at radius 2 is 2.06 bits per heavy atom. The van der Waals surface area contributed by atoms with Crippen molar-refractivity contribution in [3.05, 3.63) is 46.6 Å². The number of benzene rings is 1. The van der Waals surface area contributed by atoms with Gasteiger partial charge in [-0.2, -0.15) is 5.10 Å². The zero-order valence-corrected chi connectivity index (χ0v) is 21.7. The molecule has 6 rings (SSSR count). The molecule has 0 amide bonds. The predicted octanol–water partition coefficient (Wildman–Crippen LogP) is 4.69. The summed E-state index contributed by atoms with van der Waals surface area (Å²) in [5.74, 6) is 8.95. The maximum Gasteiger partial charge on any atom is 0.231 e. The van der Waals surface area contributed by atoms with E-state index >= 15 is 0 Å². The Balaban J connectivity index is 1.48. The van der Waals surface area contributed by atoms with E-state index in [2.05, 4.69) is 47.5 Å². The topological polar surface area (TPSA) is 89.1 Å². The van der Waals surface area contributed by atoms with E-state index in [9.17, 15) is 5.11 Å². The third kappa shape index (κ3) is 3.57. The van der Waals surface area contributed by atoms with Gasteiger partial charge in [-0.3, -0.25) is 5.43 Å². The molecule has 2 saturated carbocycles. The second kappa shape index (κ2) is 8.64. The van der Waals surface area contributed by atoms with Crippen molar-refractivity contribution in [2.75, 3.05) is 6.79 Å². The van der Waals surface area contributed by atoms with Crippen molar-refractivity contribution in [3.63, 3.8) is 0 Å². The van der Waals surface area contributed by atoms with Crippen molar-refractivity contribution in [2.45, 2.75) is 70.3 Å². The number of hydrogen-bond donors (Lipinski definition) is 3. The quantitative estimate of drug-likeness (QED) is 0.308. The van der Waals surface area contributed by atoms with Gasteiger partial charge in [-0.15, -0.1) is 5.92 Å². The molecule has 188 valence electrons. The summed E-state index contributed by atoms with van der Waals surface area (Å²) in [5, 5.41) is 16.4. The highest BCUT2D eigenvalue weighted by atomic mass is 32.1. The monoisotopic (exact) mass is 503 g/mol. The number of hydrazone groups is 1. The van der Waals surface area contributed by atoms with Gasteiger partial charge < -0.3 is 20.3 Å². The summed E-state index contributed by atoms with van der Waals surface area (Å²) < 4.78 is 11.4. The molecule has 1 aliphatic heterocycles. The van der Waals surface area contributed by atoms with Gasteiger partial charge in [0.15, 0.2) is 16.6 Å². The van der Waals surface area contributed by atoms with Gasteiger partial charge in [0.1, 0.15) is 5.60 Å². The normalized spacial score (nSPS) is 35.2. The highest BCUT2D eigenvalue weighted by Gasteiger charge is 2.62. The summed E-state index contributed by atoms with van der Waals surface area (Å²) in [6.45, 7) is 4.39. The summed E-state index contributed by atoms with van der Waals surface area (Å²) in [5.41, 5.74) is 13.8. The summed E-state index contributed by atoms with van der Waals surface area (Å²) in [6.07, 6.45) is 8.77. The summed E-state index contributed by atoms with van der Waals surface area (Å²) in [6, 6.07) is 6.37. The van der Waals surface area contributed by atoms with E-state index in [1.54, 1.807) is 5.57 Å². The molecule has 0 aromatic heterocycles. The highest BCUT2D eigenvalue weighted by Crippen LogP contribution is 2.66. The molecule has 1 heterocycles. The standard InChI is InChI=1S/C29H33N3O3S/c1-3-11-29(33)12-10-23-21-7-4-17-13-19(31-32-27(30)36)6-8-20(17)26(21)22(15-28(23,29)2)18-5-9-24-25(14-18)35-16-34-24/h5,9,13-14,21-23,33H,4,6-8,10,12,15-16H2,1-2H3,(H3,30,32,36)/b31-19+/t21-,22+,23-,28-,29-/m1/s1. The maximum atomic E-state index is 11.8. The molecular weight excluding hydrogens is 470 g/mol. The van der Waals surface area contributed by atoms with Gasteiger partial charge in [0.2, 0.25) is 6.79 Å². The molecular formula is C29H33N3O3S. The van der Waals surface area contributed by atoms with E-state index in [0.29, 0.717) is 11.8 Å². The van der Waals surface area contributed by atoms with Crippen LogP contribution in [0.25, 0.3) is 0 Å². The van der Waals surface area contributed by atoms with Gasteiger partial charge in [0.05, 0.1) is 5.71 Å². The SMILES string of the molecule is CC#C[C@@]1(O)CC[C@@H]2[C@H]3CCC4=C/C(=N/NC(N)=S)CCC4=C3[C@H](c3ccc4c(c3)OCO4)C[C@]21C. The molecule has 6 nitrogen and oxygen atoms in total. The van der Waals surface area contributed by atoms with E-state index in [1.807, 2.05) is 13.0 Å². The van der Waals surface area contributed by atoms with Crippen molar-refractivity contribution in [3.8, 4) is 23.3 Å². The fourth-order valence-electron chi connectivity index (χ4n) is 7.73. The minimum Gasteiger partial charge on any atom is -0.454 e. The smallest absolute Gasteiger partial charge is 0.231 e. The number of fused-ring (bicyclic) bond motifs is 5. The summed E-state index contributed by atoms with van der Waals surface area (Å²) in [4.78, 5) is 0. The van der Waals surface area contributed by atoms with Crippen LogP contribution >= 0.6 is 12.2 Å². The van der Waals surface area contributed by atoms with E-state index in [-0.39, 0.29) is 23.2 Å². The molecule has 1 aromatic rings. The largest absolute Gasteiger partial charge is 0.454 e. The number of nitrogens with one attached hydrogen (secondary N) is 1. The van der Waals surface area contributed by atoms with Gasteiger partial charge in [-0.05, 0) is 111 Å². The second-order valence-corrected chi connectivity index (χ2v) is 11.4. The Hall–Kier alpha value is -2.82. The molecule has 0 saturated heterocycles. The zero-order valence-electron chi connectivity index (χ0n) is 20.9. The molecule has 2 fully saturated rings. The van der Waals surface area contributed by atoms with E-state index in [0.717, 1.165) is 62.2 Å². The van der Waals surface area contributed by atoms with Crippen LogP contribution in [0.5, 0.6) is 11.5 Å². The van der Waals surface area contributed by atoms with Crippen LogP contribution in [0, 0.1) is 29.1 Å². The van der Waals surface area contributed by atoms with Crippen molar-refractivity contribution in [1.29, 1.82) is 0 Å². The van der Waals surface area contributed by atoms with Gasteiger partial charge in [-0.25, -0.2) is 0 Å². The number of nitrogens with two attached hydrogens (primary N) is 1. The van der Waals surface area contributed by atoms with Gasteiger partial charge >= 0.3 is 0 Å². The third-order valence-electron chi connectivity index (χ3n) is 9.34. The number of nitrogens with zero attached hydrogens (tertiary/aromatic N) is 1. The predicted molar refractivity (Wildman–Crippen MR) is 144 cm³/mol. The Bertz CT molecular complexity index is 1290. The molecule has 0 bridgehead atoms. The zero-order chi connectivity index (χ0) is 25.1. The Labute approximate surface area is 218 Å². The van der Waals surface area contributed by atoms with Gasteiger partial charge in [0.25, 0.3) is 0 Å². The van der Waals surface area contributed by atoms with Crippen LogP contribution in [0.1, 0.15) is 70.3 Å². The number of thiocarbonyl (C=S) groups is 1. The highest BCUT2D eigenvalue weighted by molar-refractivity contribution is 7.80. The molecule has 5 aliphatic rings. The van der Waals surface area contributed by atoms with Crippen LogP contribution in [0.2, 0.25) is 0 Å². The second-order valence-electron chi connectivity index (χ2n) is 11.0. The number of ether oxygens (including phenoxy) is 2. The van der Waals surface area contributed by atoms with Gasteiger partial charge in [0, 0.05) is 11.3 Å². The first-order valence-corrected chi connectivity index (χ1v) is 13.4. The van der Waals surface area contributed by atoms with Crippen LogP contribution in [0.4, 0.5) is 0 Å². The molecule has 7 heteroatoms. The number of allylic oxidation sites excluding steroid dienone is 4. The van der Waals surface area contributed by atoms with Crippen molar-refractivity contribution >= 4 is 23.0 Å². The molecule has 0 radical (unpaired) electrons. The molecule has 4 N–H and O–H groups in total. The minimum absolute atomic E-state index is 0.187. The first-order chi connectivity index (χ1) is 17.3. The summed E-state index contributed by atoms with van der Waals surface area (Å²) in [7, 11) is 0. The molecule has 5 atom stereocenters. The van der Waals surface area contributed by atoms with Crippen LogP contribution in [0.15, 0.2) is 46.1 Å². The first kappa shape index (κ1) is 23.6. The minimum atomic E-state index is -0.952. The van der Waals surface area contributed by atoms with Gasteiger partial charge in [-0.1, -0.05) is 24.5 Å². The Morgan fingerprint density at radius 1 is 1.22 bits per heavy atom. The Kier molecular flexibility index (Phi) is 5.66. The van der Waals surface area contributed by atoms with Crippen molar-refractivity contribution in [2.24, 2.45) is 28.1 Å². The molecule has 36 heavy (non-hydrogen) atoms. The lowest BCUT2D eigenvalue weighted by Crippen LogP contribution is -2.51. The van der Waals surface area contributed by atoms with Crippen LogP contribution in [-0.4, -0.2) is 28.3 Å². The molecule has 1 aromatic carbocycles. The van der Waals surface area contributed by atoms with Crippen LogP contribution < -0.4 is 20.6 Å². The maximum absolute atomic E-state index is 11.8. The first-order valence-electron chi connectivity index (χ1n) is 12.9. The van der Waals surface area contributed by atoms with E-state index in [1.165, 1.54) is 16.7 Å². The van der Waals surface area contributed by atoms with Crippen LogP contribution in [-0.2, 0) is 0 Å². The van der Waals surface area contributed by atoms with Crippen LogP contribution in [0.3, 0.4) is 0 Å². The number of hydrogen-bond acceptors (Lipinski definition) is 5. The van der Waals surface area contributed by atoms with Crippen molar-refractivity contribution in [1.82, 2.24) is 5.43 Å². The lowest BCUT2D eigenvalue weighted by atomic mass is 9.51. The Morgan fingerprint density at radius 3 is 2.86 bits per heavy atom. The third-order valence-corrected chi connectivity index (χ3v) is 9.43. The van der Waals surface area contributed by atoms with E-state index in [4.69, 9.17) is 27.4 Å². The average molecular weight is 504 g/mol. The molecule has 0 spiro atoms. The van der Waals surface area contributed by atoms with E-state index < -0.39 is 5.60 Å². The summed E-state index contributed by atoms with van der Waals surface area (Å²) >= 11 is 4.93. The lowest BCUT2D eigenvalue weighted by molar-refractivity contribution is -0.0513. The van der Waals surface area contributed by atoms with Crippen molar-refractivity contribution < 1.29 is 14.6 Å². The molecule has 0 unspecified atom stereocenters. The average Bonchev–Trinajstić information content (AvgIpc) is 3.43. The lowest BCUT2D eigenvalue weighted by Gasteiger charge is -2.53. The fourth-order valence-corrected chi connectivity index (χ4v) is 7.78.